The highest BCUT2D eigenvalue weighted by Crippen LogP contribution is 2.10. The second kappa shape index (κ2) is 7.39. The Morgan fingerprint density at radius 3 is 2.74 bits per heavy atom. The highest BCUT2D eigenvalue weighted by molar-refractivity contribution is 5.96. The summed E-state index contributed by atoms with van der Waals surface area (Å²) in [5.74, 6) is 0.943. The van der Waals surface area contributed by atoms with Crippen molar-refractivity contribution in [2.45, 2.75) is 33.4 Å². The highest BCUT2D eigenvalue weighted by Gasteiger charge is 2.09. The molecule has 23 heavy (non-hydrogen) atoms. The lowest BCUT2D eigenvalue weighted by Gasteiger charge is -2.11. The molecule has 0 spiro atoms. The maximum atomic E-state index is 12.1. The number of urea groups is 1. The fourth-order valence-corrected chi connectivity index (χ4v) is 1.90. The van der Waals surface area contributed by atoms with Crippen LogP contribution in [0.2, 0.25) is 0 Å². The van der Waals surface area contributed by atoms with Crippen molar-refractivity contribution in [2.24, 2.45) is 0 Å². The molecule has 0 unspecified atom stereocenters. The van der Waals surface area contributed by atoms with Crippen LogP contribution in [0.4, 0.5) is 10.5 Å². The first-order valence-corrected chi connectivity index (χ1v) is 7.27. The minimum absolute atomic E-state index is 0.0336. The number of nitrogens with zero attached hydrogens (tertiary/aromatic N) is 2. The fourth-order valence-electron chi connectivity index (χ4n) is 1.90. The number of carbonyl (C=O) groups excluding carboxylic acids is 2. The maximum Gasteiger partial charge on any atom is 0.319 e. The Morgan fingerprint density at radius 2 is 2.09 bits per heavy atom. The molecule has 1 aromatic carbocycles. The Labute approximate surface area is 134 Å². The van der Waals surface area contributed by atoms with Gasteiger partial charge in [0.05, 0.1) is 6.54 Å². The van der Waals surface area contributed by atoms with Crippen molar-refractivity contribution >= 4 is 17.6 Å². The van der Waals surface area contributed by atoms with E-state index in [1.54, 1.807) is 31.2 Å². The van der Waals surface area contributed by atoms with E-state index in [9.17, 15) is 9.59 Å². The SMILES string of the molecule is Cc1nc(CNC(=O)c2cccc(NC(=O)NC(C)C)c2)n[nH]1. The topological polar surface area (TPSA) is 112 Å². The fraction of sp³-hybridized carbons (Fsp3) is 0.333. The lowest BCUT2D eigenvalue weighted by Crippen LogP contribution is -2.34. The molecule has 2 rings (SSSR count). The van der Waals surface area contributed by atoms with Crippen LogP contribution in [-0.4, -0.2) is 33.2 Å². The molecule has 0 atom stereocenters. The molecule has 8 heteroatoms. The summed E-state index contributed by atoms with van der Waals surface area (Å²) < 4.78 is 0. The van der Waals surface area contributed by atoms with Crippen LogP contribution in [0.5, 0.6) is 0 Å². The Bertz CT molecular complexity index is 695. The van der Waals surface area contributed by atoms with Gasteiger partial charge in [-0.3, -0.25) is 9.89 Å². The van der Waals surface area contributed by atoms with E-state index in [0.717, 1.165) is 0 Å². The third-order valence-corrected chi connectivity index (χ3v) is 2.85. The summed E-state index contributed by atoms with van der Waals surface area (Å²) in [6, 6.07) is 6.43. The van der Waals surface area contributed by atoms with Crippen molar-refractivity contribution in [3.8, 4) is 0 Å². The molecule has 3 amide bonds. The van der Waals surface area contributed by atoms with Crippen LogP contribution >= 0.6 is 0 Å². The second-order valence-electron chi connectivity index (χ2n) is 5.35. The molecule has 0 saturated carbocycles. The quantitative estimate of drug-likeness (QED) is 0.671. The van der Waals surface area contributed by atoms with E-state index >= 15 is 0 Å². The lowest BCUT2D eigenvalue weighted by molar-refractivity contribution is 0.0950. The monoisotopic (exact) mass is 316 g/mol. The Morgan fingerprint density at radius 1 is 1.30 bits per heavy atom. The van der Waals surface area contributed by atoms with Gasteiger partial charge in [-0.15, -0.1) is 0 Å². The zero-order chi connectivity index (χ0) is 16.8. The standard InChI is InChI=1S/C15H20N6O2/c1-9(2)17-15(23)19-12-6-4-5-11(7-12)14(22)16-8-13-18-10(3)20-21-13/h4-7,9H,8H2,1-3H3,(H,16,22)(H2,17,19,23)(H,18,20,21). The van der Waals surface area contributed by atoms with E-state index in [1.165, 1.54) is 0 Å². The van der Waals surface area contributed by atoms with Gasteiger partial charge in [-0.05, 0) is 39.0 Å². The van der Waals surface area contributed by atoms with E-state index < -0.39 is 0 Å². The summed E-state index contributed by atoms with van der Waals surface area (Å²) in [6.45, 7) is 5.76. The van der Waals surface area contributed by atoms with Gasteiger partial charge < -0.3 is 16.0 Å². The molecular formula is C15H20N6O2. The minimum atomic E-state index is -0.311. The van der Waals surface area contributed by atoms with Gasteiger partial charge in [0, 0.05) is 17.3 Å². The maximum absolute atomic E-state index is 12.1. The van der Waals surface area contributed by atoms with Crippen LogP contribution in [0, 0.1) is 6.92 Å². The number of hydrogen-bond donors (Lipinski definition) is 4. The summed E-state index contributed by atoms with van der Waals surface area (Å²) in [7, 11) is 0. The molecule has 8 nitrogen and oxygen atoms in total. The number of H-pyrrole nitrogens is 1. The molecule has 0 aliphatic rings. The number of benzene rings is 1. The van der Waals surface area contributed by atoms with E-state index in [-0.39, 0.29) is 24.5 Å². The number of rotatable bonds is 5. The number of amides is 3. The van der Waals surface area contributed by atoms with Gasteiger partial charge in [-0.25, -0.2) is 9.78 Å². The molecule has 0 aliphatic heterocycles. The van der Waals surface area contributed by atoms with Crippen molar-refractivity contribution in [3.05, 3.63) is 41.5 Å². The second-order valence-corrected chi connectivity index (χ2v) is 5.35. The first-order valence-electron chi connectivity index (χ1n) is 7.27. The summed E-state index contributed by atoms with van der Waals surface area (Å²) in [4.78, 5) is 27.9. The van der Waals surface area contributed by atoms with Crippen molar-refractivity contribution in [1.29, 1.82) is 0 Å². The molecule has 0 radical (unpaired) electrons. The third-order valence-electron chi connectivity index (χ3n) is 2.85. The van der Waals surface area contributed by atoms with E-state index in [0.29, 0.717) is 22.9 Å². The molecule has 0 aliphatic carbocycles. The molecule has 1 heterocycles. The van der Waals surface area contributed by atoms with Crippen LogP contribution in [0.25, 0.3) is 0 Å². The number of aromatic amines is 1. The van der Waals surface area contributed by atoms with Crippen LogP contribution in [0.1, 0.15) is 35.9 Å². The number of nitrogens with one attached hydrogen (secondary N) is 4. The van der Waals surface area contributed by atoms with Gasteiger partial charge in [-0.2, -0.15) is 5.10 Å². The third kappa shape index (κ3) is 5.10. The summed E-state index contributed by atoms with van der Waals surface area (Å²) >= 11 is 0. The zero-order valence-electron chi connectivity index (χ0n) is 13.3. The predicted molar refractivity (Wildman–Crippen MR) is 86.0 cm³/mol. The predicted octanol–water partition coefficient (Wildman–Crippen LogP) is 1.57. The van der Waals surface area contributed by atoms with Gasteiger partial charge in [0.25, 0.3) is 5.91 Å². The van der Waals surface area contributed by atoms with Gasteiger partial charge in [0.15, 0.2) is 5.82 Å². The largest absolute Gasteiger partial charge is 0.345 e. The van der Waals surface area contributed by atoms with Gasteiger partial charge >= 0.3 is 6.03 Å². The van der Waals surface area contributed by atoms with E-state index in [1.807, 2.05) is 13.8 Å². The van der Waals surface area contributed by atoms with Crippen LogP contribution in [-0.2, 0) is 6.54 Å². The molecule has 4 N–H and O–H groups in total. The van der Waals surface area contributed by atoms with Crippen molar-refractivity contribution in [1.82, 2.24) is 25.8 Å². The number of aromatic nitrogens is 3. The number of aryl methyl sites for hydroxylation is 1. The summed E-state index contributed by atoms with van der Waals surface area (Å²) in [6.07, 6.45) is 0. The molecule has 122 valence electrons. The van der Waals surface area contributed by atoms with Crippen LogP contribution in [0.15, 0.2) is 24.3 Å². The molecule has 0 bridgehead atoms. The van der Waals surface area contributed by atoms with Crippen molar-refractivity contribution in [2.75, 3.05) is 5.32 Å². The molecule has 1 aromatic heterocycles. The minimum Gasteiger partial charge on any atom is -0.345 e. The molecular weight excluding hydrogens is 296 g/mol. The van der Waals surface area contributed by atoms with Gasteiger partial charge in [0.1, 0.15) is 5.82 Å². The number of hydrogen-bond acceptors (Lipinski definition) is 4. The van der Waals surface area contributed by atoms with Gasteiger partial charge in [0.2, 0.25) is 0 Å². The Kier molecular flexibility index (Phi) is 5.29. The van der Waals surface area contributed by atoms with Gasteiger partial charge in [-0.1, -0.05) is 6.07 Å². The summed E-state index contributed by atoms with van der Waals surface area (Å²) in [5.41, 5.74) is 0.990. The smallest absolute Gasteiger partial charge is 0.319 e. The van der Waals surface area contributed by atoms with Crippen LogP contribution in [0.3, 0.4) is 0 Å². The summed E-state index contributed by atoms with van der Waals surface area (Å²) in [5, 5.41) is 14.8. The van der Waals surface area contributed by atoms with E-state index in [4.69, 9.17) is 0 Å². The average Bonchev–Trinajstić information content (AvgIpc) is 2.89. The van der Waals surface area contributed by atoms with Crippen molar-refractivity contribution < 1.29 is 9.59 Å². The van der Waals surface area contributed by atoms with E-state index in [2.05, 4.69) is 31.1 Å². The Hall–Kier alpha value is -2.90. The number of anilines is 1. The highest BCUT2D eigenvalue weighted by atomic mass is 16.2. The molecule has 0 fully saturated rings. The lowest BCUT2D eigenvalue weighted by atomic mass is 10.2. The first-order chi connectivity index (χ1) is 10.9. The zero-order valence-corrected chi connectivity index (χ0v) is 13.3. The first kappa shape index (κ1) is 16.5. The molecule has 2 aromatic rings. The van der Waals surface area contributed by atoms with Crippen LogP contribution < -0.4 is 16.0 Å². The number of carbonyl (C=O) groups is 2. The Balaban J connectivity index is 1.95. The molecule has 0 saturated heterocycles. The average molecular weight is 316 g/mol. The van der Waals surface area contributed by atoms with Crippen molar-refractivity contribution in [3.63, 3.8) is 0 Å². The normalized spacial score (nSPS) is 10.4.